The van der Waals surface area contributed by atoms with Gasteiger partial charge in [-0.05, 0) is 0 Å². The van der Waals surface area contributed by atoms with Crippen molar-refractivity contribution < 1.29 is 58.9 Å². The van der Waals surface area contributed by atoms with E-state index in [0.29, 0.717) is 0 Å². The first kappa shape index (κ1) is 24.4. The summed E-state index contributed by atoms with van der Waals surface area (Å²) in [6.45, 7) is 0. The van der Waals surface area contributed by atoms with Crippen molar-refractivity contribution in [3.63, 3.8) is 0 Å². The van der Waals surface area contributed by atoms with Crippen molar-refractivity contribution in [3.05, 3.63) is 0 Å². The first-order chi connectivity index (χ1) is 1.73. The third kappa shape index (κ3) is 159. The summed E-state index contributed by atoms with van der Waals surface area (Å²) in [5, 5.41) is 21.5. The maximum Gasteiger partial charge on any atom is 1.00 e. The predicted octanol–water partition coefficient (Wildman–Crippen LogP) is -10.9. The molecule has 0 heterocycles. The molecule has 0 rings (SSSR count). The Bertz CT molecular complexity index is 22.0. The molecule has 0 spiro atoms. The van der Waals surface area contributed by atoms with E-state index in [9.17, 15) is 0 Å². The molecule has 0 saturated heterocycles. The van der Waals surface area contributed by atoms with Crippen LogP contribution in [0.2, 0.25) is 0 Å². The van der Waals surface area contributed by atoms with Crippen LogP contribution in [0.1, 0.15) is 1.43 Å². The minimum absolute atomic E-state index is 0. The van der Waals surface area contributed by atoms with Gasteiger partial charge in [-0.3, -0.25) is 0 Å². The zero-order valence-corrected chi connectivity index (χ0v) is 4.30. The second kappa shape index (κ2) is 15.7. The van der Waals surface area contributed by atoms with Crippen LogP contribution in [0.15, 0.2) is 0 Å². The van der Waals surface area contributed by atoms with Gasteiger partial charge in [0.2, 0.25) is 0 Å². The molecule has 0 saturated carbocycles. The molecule has 7 heavy (non-hydrogen) atoms. The van der Waals surface area contributed by atoms with E-state index in [4.69, 9.17) is 15.1 Å². The topological polar surface area (TPSA) is 60.7 Å². The average molecular weight is 95.7 g/mol. The first-order valence-corrected chi connectivity index (χ1v) is 0.775. The van der Waals surface area contributed by atoms with E-state index >= 15 is 0 Å². The molecule has 0 aliphatic rings. The normalized spacial score (nSPS) is 3.86. The summed E-state index contributed by atoms with van der Waals surface area (Å²) in [4.78, 5) is 0. The van der Waals surface area contributed by atoms with Crippen LogP contribution >= 0.6 is 0 Å². The number of halogens is 1. The van der Waals surface area contributed by atoms with Gasteiger partial charge in [0.1, 0.15) is 0 Å². The van der Waals surface area contributed by atoms with Crippen LogP contribution in [0.5, 0.6) is 0 Å². The van der Waals surface area contributed by atoms with Gasteiger partial charge in [0, 0.05) is 0 Å². The molecule has 0 aromatic rings. The summed E-state index contributed by atoms with van der Waals surface area (Å²) < 4.78 is 0. The Labute approximate surface area is 66.5 Å². The molecular formula is H4BFLi2O3. The van der Waals surface area contributed by atoms with Crippen molar-refractivity contribution in [2.75, 3.05) is 0 Å². The molecule has 0 aromatic carbocycles. The minimum atomic E-state index is -2.17. The van der Waals surface area contributed by atoms with E-state index < -0.39 is 7.32 Å². The van der Waals surface area contributed by atoms with Gasteiger partial charge in [0.05, 0.1) is 0 Å². The van der Waals surface area contributed by atoms with E-state index in [1.54, 1.807) is 0 Å². The van der Waals surface area contributed by atoms with E-state index in [-0.39, 0.29) is 43.9 Å². The molecule has 0 amide bonds. The molecule has 0 aliphatic carbocycles. The molecule has 34 valence electrons. The second-order valence-electron chi connectivity index (χ2n) is 0.346. The SMILES string of the molecule is OB(O)O.[F-].[H-].[Li+].[Li+]. The third-order valence-corrected chi connectivity index (χ3v) is 0. The Hall–Kier alpha value is 1.07. The van der Waals surface area contributed by atoms with Crippen molar-refractivity contribution in [1.82, 2.24) is 0 Å². The van der Waals surface area contributed by atoms with Crippen molar-refractivity contribution in [2.45, 2.75) is 0 Å². The molecule has 0 aliphatic heterocycles. The molecule has 0 radical (unpaired) electrons. The van der Waals surface area contributed by atoms with Gasteiger partial charge >= 0.3 is 45.0 Å². The van der Waals surface area contributed by atoms with Crippen LogP contribution in [-0.2, 0) is 0 Å². The quantitative estimate of drug-likeness (QED) is 0.262. The summed E-state index contributed by atoms with van der Waals surface area (Å²) >= 11 is 0. The van der Waals surface area contributed by atoms with Gasteiger partial charge in [-0.25, -0.2) is 0 Å². The number of rotatable bonds is 0. The molecule has 3 nitrogen and oxygen atoms in total. The molecule has 7 heteroatoms. The Kier molecular flexibility index (Phi) is 54.7. The zero-order chi connectivity index (χ0) is 3.58. The number of hydrogen-bond donors (Lipinski definition) is 3. The van der Waals surface area contributed by atoms with Crippen LogP contribution < -0.4 is 42.4 Å². The Morgan fingerprint density at radius 3 is 1.00 bits per heavy atom. The zero-order valence-electron chi connectivity index (χ0n) is 5.30. The number of hydrogen-bond acceptors (Lipinski definition) is 3. The van der Waals surface area contributed by atoms with Gasteiger partial charge < -0.3 is 21.2 Å². The fourth-order valence-corrected chi connectivity index (χ4v) is 0. The fourth-order valence-electron chi connectivity index (χ4n) is 0. The Morgan fingerprint density at radius 2 is 1.00 bits per heavy atom. The summed E-state index contributed by atoms with van der Waals surface area (Å²) in [6, 6.07) is 0. The minimum Gasteiger partial charge on any atom is -1.00 e. The molecule has 3 N–H and O–H groups in total. The summed E-state index contributed by atoms with van der Waals surface area (Å²) in [5.41, 5.74) is 0. The molecular weight excluding hydrogens is 91.7 g/mol. The largest absolute Gasteiger partial charge is 1.00 e. The summed E-state index contributed by atoms with van der Waals surface area (Å²) in [7, 11) is -2.17. The molecule has 0 atom stereocenters. The van der Waals surface area contributed by atoms with Crippen LogP contribution in [0, 0.1) is 0 Å². The molecule has 0 aromatic heterocycles. The van der Waals surface area contributed by atoms with E-state index in [1.165, 1.54) is 0 Å². The van der Waals surface area contributed by atoms with Crippen molar-refractivity contribution in [3.8, 4) is 0 Å². The summed E-state index contributed by atoms with van der Waals surface area (Å²) in [6.07, 6.45) is 0. The van der Waals surface area contributed by atoms with Crippen LogP contribution in [0.25, 0.3) is 0 Å². The maximum absolute atomic E-state index is 7.17. The van der Waals surface area contributed by atoms with Crippen molar-refractivity contribution in [1.29, 1.82) is 0 Å². The molecule has 0 fully saturated rings. The van der Waals surface area contributed by atoms with Crippen molar-refractivity contribution in [2.24, 2.45) is 0 Å². The first-order valence-electron chi connectivity index (χ1n) is 0.775. The maximum atomic E-state index is 7.17. The fraction of sp³-hybridized carbons (Fsp3) is 0. The average Bonchev–Trinajstić information content (AvgIpc) is 0.811. The van der Waals surface area contributed by atoms with Crippen LogP contribution in [-0.4, -0.2) is 22.4 Å². The molecule has 0 bridgehead atoms. The monoisotopic (exact) mass is 96.1 g/mol. The van der Waals surface area contributed by atoms with E-state index in [2.05, 4.69) is 0 Å². The Balaban J connectivity index is -0.00000000750. The standard InChI is InChI=1S/BH3O3.FH.2Li.H/c2-1(3)4;;;;/h2-4H;1H;;;/q;;2*+1;-1/p-1. The van der Waals surface area contributed by atoms with Crippen LogP contribution in [0.4, 0.5) is 0 Å². The van der Waals surface area contributed by atoms with Gasteiger partial charge in [0.15, 0.2) is 0 Å². The molecule has 0 unspecified atom stereocenters. The van der Waals surface area contributed by atoms with Crippen molar-refractivity contribution >= 4 is 7.32 Å². The van der Waals surface area contributed by atoms with Crippen LogP contribution in [0.3, 0.4) is 0 Å². The Morgan fingerprint density at radius 1 is 1.00 bits per heavy atom. The van der Waals surface area contributed by atoms with E-state index in [0.717, 1.165) is 0 Å². The van der Waals surface area contributed by atoms with E-state index in [1.807, 2.05) is 0 Å². The third-order valence-electron chi connectivity index (χ3n) is 0. The van der Waals surface area contributed by atoms with Gasteiger partial charge in [-0.1, -0.05) is 0 Å². The van der Waals surface area contributed by atoms with Gasteiger partial charge in [0.25, 0.3) is 0 Å². The summed E-state index contributed by atoms with van der Waals surface area (Å²) in [5.74, 6) is 0. The second-order valence-corrected chi connectivity index (χ2v) is 0.346. The smallest absolute Gasteiger partial charge is 1.00 e. The van der Waals surface area contributed by atoms with Gasteiger partial charge in [-0.2, -0.15) is 0 Å². The predicted molar refractivity (Wildman–Crippen MR) is 13.5 cm³/mol. The van der Waals surface area contributed by atoms with Gasteiger partial charge in [-0.15, -0.1) is 0 Å².